The van der Waals surface area contributed by atoms with Gasteiger partial charge in [0.05, 0.1) is 13.2 Å². The molecule has 0 heterocycles. The zero-order valence-electron chi connectivity index (χ0n) is 11.7. The van der Waals surface area contributed by atoms with E-state index < -0.39 is 17.9 Å². The summed E-state index contributed by atoms with van der Waals surface area (Å²) in [5.41, 5.74) is 0.825. The highest BCUT2D eigenvalue weighted by Crippen LogP contribution is 2.10. The molecular formula is C13H22BrNO4. The third-order valence-electron chi connectivity index (χ3n) is 2.28. The zero-order valence-corrected chi connectivity index (χ0v) is 13.3. The maximum absolute atomic E-state index is 11.8. The Bertz CT molecular complexity index is 300. The fourth-order valence-electron chi connectivity index (χ4n) is 1.41. The lowest BCUT2D eigenvalue weighted by Gasteiger charge is -2.14. The van der Waals surface area contributed by atoms with Gasteiger partial charge in [0, 0.05) is 17.6 Å². The van der Waals surface area contributed by atoms with E-state index >= 15 is 0 Å². The topological polar surface area (TPSA) is 64.6 Å². The first kappa shape index (κ1) is 18.0. The third kappa shape index (κ3) is 7.20. The summed E-state index contributed by atoms with van der Waals surface area (Å²) < 4.78 is 9.80. The fourth-order valence-corrected chi connectivity index (χ4v) is 1.61. The van der Waals surface area contributed by atoms with Crippen LogP contribution in [0.15, 0.2) is 11.8 Å². The van der Waals surface area contributed by atoms with Crippen LogP contribution < -0.4 is 5.32 Å². The maximum Gasteiger partial charge on any atom is 0.324 e. The van der Waals surface area contributed by atoms with E-state index in [1.165, 1.54) is 0 Å². The molecule has 0 fully saturated rings. The summed E-state index contributed by atoms with van der Waals surface area (Å²) in [7, 11) is 0. The molecule has 0 spiro atoms. The molecule has 0 aromatic rings. The van der Waals surface area contributed by atoms with Crippen LogP contribution >= 0.6 is 15.9 Å². The molecule has 5 nitrogen and oxygen atoms in total. The summed E-state index contributed by atoms with van der Waals surface area (Å²) in [4.78, 5) is 23.6. The standard InChI is InChI=1S/C13H22BrNO4/c1-4-10(15-8-7-14)9-11(12(16)18-5-2)13(17)19-6-3/h9,11,15H,4-8H2,1-3H3. The van der Waals surface area contributed by atoms with Crippen LogP contribution in [-0.4, -0.2) is 37.0 Å². The SMILES string of the molecule is CCOC(=O)C(C=C(CC)NCCBr)C(=O)OCC. The number of alkyl halides is 1. The van der Waals surface area contributed by atoms with Crippen molar-refractivity contribution in [3.63, 3.8) is 0 Å². The van der Waals surface area contributed by atoms with E-state index in [-0.39, 0.29) is 13.2 Å². The van der Waals surface area contributed by atoms with E-state index in [1.54, 1.807) is 19.9 Å². The molecule has 6 heteroatoms. The van der Waals surface area contributed by atoms with Gasteiger partial charge < -0.3 is 14.8 Å². The van der Waals surface area contributed by atoms with Crippen molar-refractivity contribution >= 4 is 27.9 Å². The normalized spacial score (nSPS) is 11.3. The first-order chi connectivity index (χ1) is 9.10. The van der Waals surface area contributed by atoms with Gasteiger partial charge in [0.15, 0.2) is 5.92 Å². The van der Waals surface area contributed by atoms with Crippen LogP contribution in [0.5, 0.6) is 0 Å². The summed E-state index contributed by atoms with van der Waals surface area (Å²) in [6.07, 6.45) is 2.28. The number of allylic oxidation sites excluding steroid dienone is 1. The summed E-state index contributed by atoms with van der Waals surface area (Å²) in [5.74, 6) is -2.15. The van der Waals surface area contributed by atoms with Gasteiger partial charge in [-0.2, -0.15) is 0 Å². The number of carbonyl (C=O) groups excluding carboxylic acids is 2. The van der Waals surface area contributed by atoms with Crippen molar-refractivity contribution in [1.82, 2.24) is 5.32 Å². The molecule has 110 valence electrons. The highest BCUT2D eigenvalue weighted by molar-refractivity contribution is 9.09. The monoisotopic (exact) mass is 335 g/mol. The number of nitrogens with one attached hydrogen (secondary N) is 1. The lowest BCUT2D eigenvalue weighted by Crippen LogP contribution is -2.28. The Balaban J connectivity index is 4.93. The molecule has 0 saturated heterocycles. The van der Waals surface area contributed by atoms with E-state index in [2.05, 4.69) is 21.2 Å². The molecule has 0 aliphatic carbocycles. The minimum absolute atomic E-state index is 0.235. The molecule has 0 radical (unpaired) electrons. The molecule has 1 N–H and O–H groups in total. The van der Waals surface area contributed by atoms with E-state index in [0.717, 1.165) is 17.6 Å². The van der Waals surface area contributed by atoms with Crippen molar-refractivity contribution in [3.8, 4) is 0 Å². The van der Waals surface area contributed by atoms with Gasteiger partial charge in [0.2, 0.25) is 0 Å². The number of ether oxygens (including phenoxy) is 2. The second-order valence-corrected chi connectivity index (χ2v) is 4.44. The van der Waals surface area contributed by atoms with Crippen LogP contribution in [0, 0.1) is 5.92 Å². The average Bonchev–Trinajstić information content (AvgIpc) is 2.39. The van der Waals surface area contributed by atoms with Crippen LogP contribution in [0.2, 0.25) is 0 Å². The van der Waals surface area contributed by atoms with E-state index in [0.29, 0.717) is 6.42 Å². The van der Waals surface area contributed by atoms with Crippen molar-refractivity contribution in [2.24, 2.45) is 5.92 Å². The van der Waals surface area contributed by atoms with Crippen molar-refractivity contribution in [2.45, 2.75) is 27.2 Å². The molecule has 0 aromatic heterocycles. The Kier molecular flexibility index (Phi) is 10.2. The molecule has 0 atom stereocenters. The molecule has 0 rings (SSSR count). The summed E-state index contributed by atoms with van der Waals surface area (Å²) >= 11 is 3.31. The second-order valence-electron chi connectivity index (χ2n) is 3.64. The summed E-state index contributed by atoms with van der Waals surface area (Å²) in [5, 5.41) is 3.93. The number of hydrogen-bond donors (Lipinski definition) is 1. The van der Waals surface area contributed by atoms with Gasteiger partial charge in [0.25, 0.3) is 0 Å². The first-order valence-corrected chi connectivity index (χ1v) is 7.56. The first-order valence-electron chi connectivity index (χ1n) is 6.44. The third-order valence-corrected chi connectivity index (χ3v) is 2.67. The molecule has 0 aliphatic heterocycles. The molecule has 19 heavy (non-hydrogen) atoms. The fraction of sp³-hybridized carbons (Fsp3) is 0.692. The maximum atomic E-state index is 11.8. The summed E-state index contributed by atoms with van der Waals surface area (Å²) in [6, 6.07) is 0. The average molecular weight is 336 g/mol. The highest BCUT2D eigenvalue weighted by Gasteiger charge is 2.27. The summed E-state index contributed by atoms with van der Waals surface area (Å²) in [6.45, 7) is 6.54. The Labute approximate surface area is 122 Å². The van der Waals surface area contributed by atoms with Crippen molar-refractivity contribution in [3.05, 3.63) is 11.8 Å². The molecule has 0 aromatic carbocycles. The van der Waals surface area contributed by atoms with E-state index in [1.807, 2.05) is 6.92 Å². The van der Waals surface area contributed by atoms with Gasteiger partial charge in [0.1, 0.15) is 0 Å². The van der Waals surface area contributed by atoms with E-state index in [4.69, 9.17) is 9.47 Å². The van der Waals surface area contributed by atoms with Crippen molar-refractivity contribution in [1.29, 1.82) is 0 Å². The predicted molar refractivity (Wildman–Crippen MR) is 76.9 cm³/mol. The van der Waals surface area contributed by atoms with Gasteiger partial charge in [-0.25, -0.2) is 0 Å². The van der Waals surface area contributed by atoms with Crippen molar-refractivity contribution < 1.29 is 19.1 Å². The van der Waals surface area contributed by atoms with Gasteiger partial charge in [-0.3, -0.25) is 9.59 Å². The Morgan fingerprint density at radius 1 is 1.16 bits per heavy atom. The number of halogens is 1. The molecule has 0 saturated carbocycles. The van der Waals surface area contributed by atoms with Crippen LogP contribution in [0.3, 0.4) is 0 Å². The molecular weight excluding hydrogens is 314 g/mol. The lowest BCUT2D eigenvalue weighted by molar-refractivity contribution is -0.158. The van der Waals surface area contributed by atoms with Gasteiger partial charge in [-0.15, -0.1) is 0 Å². The predicted octanol–water partition coefficient (Wildman–Crippen LogP) is 2.01. The minimum atomic E-state index is -1.00. The van der Waals surface area contributed by atoms with Gasteiger partial charge >= 0.3 is 11.9 Å². The van der Waals surface area contributed by atoms with Crippen LogP contribution in [-0.2, 0) is 19.1 Å². The Morgan fingerprint density at radius 3 is 2.05 bits per heavy atom. The van der Waals surface area contributed by atoms with Crippen LogP contribution in [0.25, 0.3) is 0 Å². The van der Waals surface area contributed by atoms with Crippen LogP contribution in [0.4, 0.5) is 0 Å². The Hall–Kier alpha value is -1.04. The minimum Gasteiger partial charge on any atom is -0.465 e. The zero-order chi connectivity index (χ0) is 14.7. The number of carbonyl (C=O) groups is 2. The van der Waals surface area contributed by atoms with Gasteiger partial charge in [-0.05, 0) is 26.3 Å². The smallest absolute Gasteiger partial charge is 0.324 e. The molecule has 0 bridgehead atoms. The Morgan fingerprint density at radius 2 is 1.68 bits per heavy atom. The molecule has 0 unspecified atom stereocenters. The van der Waals surface area contributed by atoms with Gasteiger partial charge in [-0.1, -0.05) is 22.9 Å². The van der Waals surface area contributed by atoms with Crippen molar-refractivity contribution in [2.75, 3.05) is 25.1 Å². The number of hydrogen-bond acceptors (Lipinski definition) is 5. The largest absolute Gasteiger partial charge is 0.465 e. The lowest BCUT2D eigenvalue weighted by atomic mass is 10.1. The molecule has 0 aliphatic rings. The number of rotatable bonds is 9. The quantitative estimate of drug-likeness (QED) is 0.396. The highest BCUT2D eigenvalue weighted by atomic mass is 79.9. The van der Waals surface area contributed by atoms with Crippen LogP contribution in [0.1, 0.15) is 27.2 Å². The molecule has 0 amide bonds. The van der Waals surface area contributed by atoms with E-state index in [9.17, 15) is 9.59 Å². The number of esters is 2. The second kappa shape index (κ2) is 10.8.